The minimum atomic E-state index is 0.0794. The van der Waals surface area contributed by atoms with Gasteiger partial charge in [0.1, 0.15) is 5.82 Å². The van der Waals surface area contributed by atoms with Crippen LogP contribution in [-0.4, -0.2) is 43.8 Å². The quantitative estimate of drug-likeness (QED) is 0.502. The van der Waals surface area contributed by atoms with Gasteiger partial charge in [0.2, 0.25) is 5.95 Å². The minimum absolute atomic E-state index is 0.0794. The average Bonchev–Trinajstić information content (AvgIpc) is 3.26. The highest BCUT2D eigenvalue weighted by molar-refractivity contribution is 6.31. The third kappa shape index (κ3) is 5.06. The summed E-state index contributed by atoms with van der Waals surface area (Å²) >= 11 is 6.02. The number of fused-ring (bicyclic) bond motifs is 1. The van der Waals surface area contributed by atoms with Crippen molar-refractivity contribution in [3.05, 3.63) is 71.8 Å². The summed E-state index contributed by atoms with van der Waals surface area (Å²) in [5, 5.41) is 12.8. The number of anilines is 1. The summed E-state index contributed by atoms with van der Waals surface area (Å²) in [5.74, 6) is 1.58. The maximum atomic E-state index is 6.02. The van der Waals surface area contributed by atoms with E-state index in [-0.39, 0.29) is 5.92 Å². The van der Waals surface area contributed by atoms with Crippen molar-refractivity contribution in [2.75, 3.05) is 18.5 Å². The number of ether oxygens (including phenoxy) is 1. The second kappa shape index (κ2) is 10.1. The van der Waals surface area contributed by atoms with Crippen LogP contribution in [0, 0.1) is 0 Å². The predicted octanol–water partition coefficient (Wildman–Crippen LogP) is 5.14. The Morgan fingerprint density at radius 3 is 2.88 bits per heavy atom. The standard InChI is InChI=1S/C24H27ClN6O/c1-4-19(25)6-5-16(2)17(3)23-30-29-22-15-18(8-12-31(22)23)21-7-11-26-24(28-21)27-20-9-13-32-14-10-20/h4-8,11-12,15,17,20H,1,9-10,13-14H2,2-3H3,(H,26,27,28)/b16-5+,19-6+. The Kier molecular flexibility index (Phi) is 6.97. The van der Waals surface area contributed by atoms with Gasteiger partial charge in [-0.25, -0.2) is 9.97 Å². The summed E-state index contributed by atoms with van der Waals surface area (Å²) < 4.78 is 7.43. The van der Waals surface area contributed by atoms with Gasteiger partial charge in [0.25, 0.3) is 0 Å². The molecule has 1 unspecified atom stereocenters. The molecule has 1 atom stereocenters. The summed E-state index contributed by atoms with van der Waals surface area (Å²) in [6.45, 7) is 9.37. The predicted molar refractivity (Wildman–Crippen MR) is 128 cm³/mol. The third-order valence-electron chi connectivity index (χ3n) is 5.71. The lowest BCUT2D eigenvalue weighted by atomic mass is 10.0. The molecule has 0 aliphatic carbocycles. The number of hydrogen-bond donors (Lipinski definition) is 1. The maximum absolute atomic E-state index is 6.02. The van der Waals surface area contributed by atoms with Gasteiger partial charge in [0.05, 0.1) is 5.69 Å². The molecular formula is C24H27ClN6O. The average molecular weight is 451 g/mol. The Bertz CT molecular complexity index is 1160. The molecule has 3 aromatic rings. The zero-order valence-corrected chi connectivity index (χ0v) is 19.1. The molecule has 0 spiro atoms. The van der Waals surface area contributed by atoms with Crippen molar-refractivity contribution in [3.8, 4) is 11.3 Å². The van der Waals surface area contributed by atoms with Crippen LogP contribution in [0.3, 0.4) is 0 Å². The van der Waals surface area contributed by atoms with Gasteiger partial charge in [-0.15, -0.1) is 10.2 Å². The van der Waals surface area contributed by atoms with E-state index in [1.807, 2.05) is 40.9 Å². The molecule has 32 heavy (non-hydrogen) atoms. The molecule has 1 fully saturated rings. The lowest BCUT2D eigenvalue weighted by molar-refractivity contribution is 0.0903. The van der Waals surface area contributed by atoms with Crippen LogP contribution in [0.1, 0.15) is 38.4 Å². The molecule has 7 nitrogen and oxygen atoms in total. The van der Waals surface area contributed by atoms with Crippen molar-refractivity contribution >= 4 is 23.2 Å². The molecule has 4 heterocycles. The summed E-state index contributed by atoms with van der Waals surface area (Å²) in [7, 11) is 0. The van der Waals surface area contributed by atoms with Crippen molar-refractivity contribution in [1.82, 2.24) is 24.6 Å². The molecule has 4 rings (SSSR count). The van der Waals surface area contributed by atoms with Crippen molar-refractivity contribution in [2.24, 2.45) is 0 Å². The Labute approximate surface area is 192 Å². The van der Waals surface area contributed by atoms with Crippen LogP contribution in [-0.2, 0) is 4.74 Å². The van der Waals surface area contributed by atoms with Gasteiger partial charge in [0.15, 0.2) is 5.65 Å². The van der Waals surface area contributed by atoms with E-state index < -0.39 is 0 Å². The molecule has 8 heteroatoms. The highest BCUT2D eigenvalue weighted by Crippen LogP contribution is 2.25. The van der Waals surface area contributed by atoms with Gasteiger partial charge in [-0.1, -0.05) is 42.8 Å². The van der Waals surface area contributed by atoms with E-state index in [1.165, 1.54) is 0 Å². The molecule has 1 N–H and O–H groups in total. The molecule has 1 aliphatic heterocycles. The minimum Gasteiger partial charge on any atom is -0.381 e. The zero-order valence-electron chi connectivity index (χ0n) is 18.3. The smallest absolute Gasteiger partial charge is 0.223 e. The first-order chi connectivity index (χ1) is 15.5. The first-order valence-electron chi connectivity index (χ1n) is 10.7. The first-order valence-corrected chi connectivity index (χ1v) is 11.1. The summed E-state index contributed by atoms with van der Waals surface area (Å²) in [4.78, 5) is 9.09. The topological polar surface area (TPSA) is 77.2 Å². The Balaban J connectivity index is 1.56. The van der Waals surface area contributed by atoms with Gasteiger partial charge >= 0.3 is 0 Å². The first kappa shape index (κ1) is 22.2. The number of allylic oxidation sites excluding steroid dienone is 5. The van der Waals surface area contributed by atoms with Crippen LogP contribution in [0.5, 0.6) is 0 Å². The van der Waals surface area contributed by atoms with E-state index in [4.69, 9.17) is 21.3 Å². The van der Waals surface area contributed by atoms with Gasteiger partial charge in [-0.05, 0) is 44.0 Å². The third-order valence-corrected chi connectivity index (χ3v) is 5.99. The summed E-state index contributed by atoms with van der Waals surface area (Å²) in [5.41, 5.74) is 3.71. The molecule has 1 aliphatic rings. The molecule has 166 valence electrons. The number of rotatable bonds is 7. The molecule has 0 radical (unpaired) electrons. The molecule has 1 saturated heterocycles. The number of hydrogen-bond acceptors (Lipinski definition) is 6. The van der Waals surface area contributed by atoms with Crippen LogP contribution < -0.4 is 5.32 Å². The molecule has 0 bridgehead atoms. The van der Waals surface area contributed by atoms with Gasteiger partial charge < -0.3 is 10.1 Å². The maximum Gasteiger partial charge on any atom is 0.223 e. The molecular weight excluding hydrogens is 424 g/mol. The normalized spacial score (nSPS) is 16.8. The monoisotopic (exact) mass is 450 g/mol. The van der Waals surface area contributed by atoms with Crippen LogP contribution in [0.2, 0.25) is 0 Å². The van der Waals surface area contributed by atoms with Gasteiger partial charge in [-0.2, -0.15) is 0 Å². The second-order valence-electron chi connectivity index (χ2n) is 7.89. The van der Waals surface area contributed by atoms with E-state index in [0.717, 1.165) is 54.4 Å². The van der Waals surface area contributed by atoms with Crippen molar-refractivity contribution < 1.29 is 4.74 Å². The summed E-state index contributed by atoms with van der Waals surface area (Å²) in [6, 6.07) is 6.27. The summed E-state index contributed by atoms with van der Waals surface area (Å²) in [6.07, 6.45) is 11.1. The van der Waals surface area contributed by atoms with E-state index in [0.29, 0.717) is 17.0 Å². The molecule has 3 aromatic heterocycles. The number of aromatic nitrogens is 5. The van der Waals surface area contributed by atoms with Crippen molar-refractivity contribution in [2.45, 2.75) is 38.6 Å². The zero-order chi connectivity index (χ0) is 22.5. The van der Waals surface area contributed by atoms with E-state index in [1.54, 1.807) is 12.3 Å². The molecule has 0 aromatic carbocycles. The number of halogens is 1. The lowest BCUT2D eigenvalue weighted by Crippen LogP contribution is -2.28. The SMILES string of the molecule is C=C/C(Cl)=C\C=C(/C)C(C)c1nnc2cc(-c3ccnc(NC4CCOCC4)n3)ccn12. The fourth-order valence-electron chi connectivity index (χ4n) is 3.60. The highest BCUT2D eigenvalue weighted by atomic mass is 35.5. The van der Waals surface area contributed by atoms with Crippen molar-refractivity contribution in [1.29, 1.82) is 0 Å². The Morgan fingerprint density at radius 1 is 1.28 bits per heavy atom. The Hall–Kier alpha value is -3.03. The lowest BCUT2D eigenvalue weighted by Gasteiger charge is -2.23. The number of nitrogens with zero attached hydrogens (tertiary/aromatic N) is 5. The van der Waals surface area contributed by atoms with Gasteiger partial charge in [-0.3, -0.25) is 4.40 Å². The highest BCUT2D eigenvalue weighted by Gasteiger charge is 2.17. The fourth-order valence-corrected chi connectivity index (χ4v) is 3.67. The molecule has 0 saturated carbocycles. The largest absolute Gasteiger partial charge is 0.381 e. The van der Waals surface area contributed by atoms with E-state index >= 15 is 0 Å². The van der Waals surface area contributed by atoms with Crippen LogP contribution in [0.15, 0.2) is 66.0 Å². The van der Waals surface area contributed by atoms with Crippen LogP contribution in [0.25, 0.3) is 16.9 Å². The Morgan fingerprint density at radius 2 is 2.09 bits per heavy atom. The second-order valence-corrected chi connectivity index (χ2v) is 8.32. The van der Waals surface area contributed by atoms with E-state index in [9.17, 15) is 0 Å². The van der Waals surface area contributed by atoms with E-state index in [2.05, 4.69) is 40.9 Å². The molecule has 0 amide bonds. The number of pyridine rings is 1. The van der Waals surface area contributed by atoms with Crippen LogP contribution in [0.4, 0.5) is 5.95 Å². The van der Waals surface area contributed by atoms with Crippen molar-refractivity contribution in [3.63, 3.8) is 0 Å². The fraction of sp³-hybridized carbons (Fsp3) is 0.333. The van der Waals surface area contributed by atoms with Gasteiger partial charge in [0, 0.05) is 48.2 Å². The number of nitrogens with one attached hydrogen (secondary N) is 1. The van der Waals surface area contributed by atoms with Crippen LogP contribution >= 0.6 is 11.6 Å².